The summed E-state index contributed by atoms with van der Waals surface area (Å²) in [6, 6.07) is 9.33. The molecule has 3 heterocycles. The summed E-state index contributed by atoms with van der Waals surface area (Å²) in [5.74, 6) is 0.0272. The van der Waals surface area contributed by atoms with Gasteiger partial charge >= 0.3 is 0 Å². The highest BCUT2D eigenvalue weighted by molar-refractivity contribution is 7.13. The Labute approximate surface area is 174 Å². The van der Waals surface area contributed by atoms with Crippen molar-refractivity contribution >= 4 is 28.8 Å². The monoisotopic (exact) mass is 414 g/mol. The number of aromatic nitrogens is 2. The number of carbonyl (C=O) groups is 2. The number of rotatable bonds is 6. The van der Waals surface area contributed by atoms with E-state index in [9.17, 15) is 9.59 Å². The van der Waals surface area contributed by atoms with E-state index in [4.69, 9.17) is 0 Å². The van der Waals surface area contributed by atoms with E-state index >= 15 is 0 Å². The van der Waals surface area contributed by atoms with Crippen LogP contribution in [0, 0.1) is 0 Å². The van der Waals surface area contributed by atoms with Gasteiger partial charge < -0.3 is 10.2 Å². The van der Waals surface area contributed by atoms with Gasteiger partial charge in [-0.2, -0.15) is 0 Å². The van der Waals surface area contributed by atoms with Gasteiger partial charge in [0.05, 0.1) is 13.1 Å². The molecule has 9 heteroatoms. The smallest absolute Gasteiger partial charge is 0.286 e. The fraction of sp³-hybridized carbons (Fsp3) is 0.500. The van der Waals surface area contributed by atoms with Crippen molar-refractivity contribution in [3.63, 3.8) is 0 Å². The number of amides is 2. The molecule has 0 aliphatic carbocycles. The van der Waals surface area contributed by atoms with Gasteiger partial charge in [0, 0.05) is 45.0 Å². The summed E-state index contributed by atoms with van der Waals surface area (Å²) < 4.78 is 0. The third-order valence-corrected chi connectivity index (χ3v) is 6.24. The molecule has 0 bridgehead atoms. The van der Waals surface area contributed by atoms with Gasteiger partial charge in [-0.3, -0.25) is 19.4 Å². The third-order valence-electron chi connectivity index (χ3n) is 5.33. The van der Waals surface area contributed by atoms with E-state index in [0.717, 1.165) is 62.8 Å². The SMILES string of the molecule is O=C(Nc1ccccc1)c1nnc(CN2CCN(CC(=O)N3CCCC3)CC2)s1. The van der Waals surface area contributed by atoms with Gasteiger partial charge in [0.1, 0.15) is 5.01 Å². The number of hydrogen-bond acceptors (Lipinski definition) is 7. The zero-order chi connectivity index (χ0) is 20.1. The zero-order valence-corrected chi connectivity index (χ0v) is 17.2. The van der Waals surface area contributed by atoms with E-state index in [1.54, 1.807) is 0 Å². The van der Waals surface area contributed by atoms with Crippen LogP contribution in [0.4, 0.5) is 5.69 Å². The molecule has 0 unspecified atom stereocenters. The third kappa shape index (κ3) is 5.37. The second kappa shape index (κ2) is 9.43. The molecule has 0 spiro atoms. The van der Waals surface area contributed by atoms with Crippen LogP contribution in [0.3, 0.4) is 0 Å². The van der Waals surface area contributed by atoms with E-state index in [0.29, 0.717) is 18.1 Å². The molecule has 2 aromatic rings. The molecule has 1 aromatic heterocycles. The minimum absolute atomic E-state index is 0.231. The molecule has 2 aliphatic rings. The Bertz CT molecular complexity index is 829. The van der Waals surface area contributed by atoms with Crippen LogP contribution >= 0.6 is 11.3 Å². The first-order chi connectivity index (χ1) is 14.2. The molecule has 0 radical (unpaired) electrons. The minimum Gasteiger partial charge on any atom is -0.342 e. The van der Waals surface area contributed by atoms with E-state index in [1.807, 2.05) is 35.2 Å². The van der Waals surface area contributed by atoms with Gasteiger partial charge in [-0.05, 0) is 25.0 Å². The first-order valence-corrected chi connectivity index (χ1v) is 10.9. The summed E-state index contributed by atoms with van der Waals surface area (Å²) in [7, 11) is 0. The van der Waals surface area contributed by atoms with Crippen molar-refractivity contribution < 1.29 is 9.59 Å². The van der Waals surface area contributed by atoms with Crippen LogP contribution < -0.4 is 5.32 Å². The van der Waals surface area contributed by atoms with E-state index in [1.165, 1.54) is 11.3 Å². The van der Waals surface area contributed by atoms with Crippen molar-refractivity contribution in [2.24, 2.45) is 0 Å². The summed E-state index contributed by atoms with van der Waals surface area (Å²) in [5, 5.41) is 12.3. The highest BCUT2D eigenvalue weighted by atomic mass is 32.1. The normalized spacial score (nSPS) is 18.1. The maximum Gasteiger partial charge on any atom is 0.286 e. The van der Waals surface area contributed by atoms with Crippen molar-refractivity contribution in [2.45, 2.75) is 19.4 Å². The van der Waals surface area contributed by atoms with E-state index in [-0.39, 0.29) is 11.8 Å². The Morgan fingerprint density at radius 1 is 0.931 bits per heavy atom. The number of carbonyl (C=O) groups excluding carboxylic acids is 2. The Balaban J connectivity index is 1.22. The highest BCUT2D eigenvalue weighted by Gasteiger charge is 2.24. The van der Waals surface area contributed by atoms with Crippen LogP contribution in [-0.2, 0) is 11.3 Å². The number of likely N-dealkylation sites (tertiary alicyclic amines) is 1. The Kier molecular flexibility index (Phi) is 6.48. The van der Waals surface area contributed by atoms with Crippen molar-refractivity contribution in [1.82, 2.24) is 24.9 Å². The summed E-state index contributed by atoms with van der Waals surface area (Å²) in [6.45, 7) is 6.56. The topological polar surface area (TPSA) is 81.7 Å². The number of hydrogen-bond donors (Lipinski definition) is 1. The number of piperazine rings is 1. The molecule has 2 saturated heterocycles. The molecule has 2 fully saturated rings. The van der Waals surface area contributed by atoms with Gasteiger partial charge in [-0.25, -0.2) is 0 Å². The van der Waals surface area contributed by atoms with Gasteiger partial charge in [0.2, 0.25) is 10.9 Å². The molecule has 0 saturated carbocycles. The van der Waals surface area contributed by atoms with Crippen LogP contribution in [0.15, 0.2) is 30.3 Å². The molecule has 2 amide bonds. The second-order valence-corrected chi connectivity index (χ2v) is 8.52. The second-order valence-electron chi connectivity index (χ2n) is 7.46. The lowest BCUT2D eigenvalue weighted by Gasteiger charge is -2.34. The molecule has 2 aliphatic heterocycles. The predicted octanol–water partition coefficient (Wildman–Crippen LogP) is 1.53. The molecular weight excluding hydrogens is 388 g/mol. The van der Waals surface area contributed by atoms with E-state index in [2.05, 4.69) is 25.3 Å². The van der Waals surface area contributed by atoms with Crippen LogP contribution in [0.1, 0.15) is 27.7 Å². The van der Waals surface area contributed by atoms with Crippen molar-refractivity contribution in [3.8, 4) is 0 Å². The van der Waals surface area contributed by atoms with Gasteiger partial charge in [-0.15, -0.1) is 10.2 Å². The minimum atomic E-state index is -0.231. The number of para-hydroxylation sites is 1. The van der Waals surface area contributed by atoms with Crippen LogP contribution in [0.5, 0.6) is 0 Å². The quantitative estimate of drug-likeness (QED) is 0.772. The number of anilines is 1. The van der Waals surface area contributed by atoms with Crippen molar-refractivity contribution in [3.05, 3.63) is 40.3 Å². The largest absolute Gasteiger partial charge is 0.342 e. The maximum absolute atomic E-state index is 12.3. The molecule has 1 aromatic carbocycles. The van der Waals surface area contributed by atoms with E-state index < -0.39 is 0 Å². The first kappa shape index (κ1) is 19.9. The van der Waals surface area contributed by atoms with Crippen LogP contribution in [-0.4, -0.2) is 82.5 Å². The van der Waals surface area contributed by atoms with Gasteiger partial charge in [-0.1, -0.05) is 29.5 Å². The lowest BCUT2D eigenvalue weighted by atomic mass is 10.3. The van der Waals surface area contributed by atoms with Crippen LogP contribution in [0.2, 0.25) is 0 Å². The number of nitrogens with one attached hydrogen (secondary N) is 1. The Hall–Kier alpha value is -2.36. The fourth-order valence-corrected chi connectivity index (χ4v) is 4.45. The molecule has 8 nitrogen and oxygen atoms in total. The molecular formula is C20H26N6O2S. The van der Waals surface area contributed by atoms with Crippen molar-refractivity contribution in [1.29, 1.82) is 0 Å². The summed E-state index contributed by atoms with van der Waals surface area (Å²) in [4.78, 5) is 31.1. The summed E-state index contributed by atoms with van der Waals surface area (Å²) in [5.41, 5.74) is 0.744. The number of benzene rings is 1. The zero-order valence-electron chi connectivity index (χ0n) is 16.4. The van der Waals surface area contributed by atoms with Gasteiger partial charge in [0.25, 0.3) is 5.91 Å². The Morgan fingerprint density at radius 2 is 1.62 bits per heavy atom. The molecule has 1 N–H and O–H groups in total. The van der Waals surface area contributed by atoms with Gasteiger partial charge in [0.15, 0.2) is 0 Å². The summed E-state index contributed by atoms with van der Waals surface area (Å²) in [6.07, 6.45) is 2.26. The molecule has 29 heavy (non-hydrogen) atoms. The molecule has 0 atom stereocenters. The first-order valence-electron chi connectivity index (χ1n) is 10.1. The number of nitrogens with zero attached hydrogens (tertiary/aromatic N) is 5. The Morgan fingerprint density at radius 3 is 2.34 bits per heavy atom. The maximum atomic E-state index is 12.3. The average Bonchev–Trinajstić information content (AvgIpc) is 3.42. The predicted molar refractivity (Wildman–Crippen MR) is 112 cm³/mol. The fourth-order valence-electron chi connectivity index (χ4n) is 3.67. The average molecular weight is 415 g/mol. The standard InChI is InChI=1S/C20H26N6O2S/c27-18(26-8-4-5-9-26)15-25-12-10-24(11-13-25)14-17-22-23-20(29-17)19(28)21-16-6-2-1-3-7-16/h1-3,6-7H,4-5,8-15H2,(H,21,28). The van der Waals surface area contributed by atoms with Crippen LogP contribution in [0.25, 0.3) is 0 Å². The lowest BCUT2D eigenvalue weighted by molar-refractivity contribution is -0.131. The summed E-state index contributed by atoms with van der Waals surface area (Å²) >= 11 is 1.33. The lowest BCUT2D eigenvalue weighted by Crippen LogP contribution is -2.49. The molecule has 154 valence electrons. The highest BCUT2D eigenvalue weighted by Crippen LogP contribution is 2.16. The van der Waals surface area contributed by atoms with Crippen molar-refractivity contribution in [2.75, 3.05) is 51.1 Å². The molecule has 4 rings (SSSR count).